The van der Waals surface area contributed by atoms with E-state index in [0.717, 1.165) is 6.61 Å². The first kappa shape index (κ1) is 10.0. The van der Waals surface area contributed by atoms with Crippen molar-refractivity contribution in [3.05, 3.63) is 41.7 Å². The first-order valence-corrected chi connectivity index (χ1v) is 4.65. The molecule has 0 unspecified atom stereocenters. The monoisotopic (exact) mass is 176 g/mol. The van der Waals surface area contributed by atoms with Gasteiger partial charge in [0.25, 0.3) is 0 Å². The fourth-order valence-corrected chi connectivity index (χ4v) is 0.996. The van der Waals surface area contributed by atoms with Gasteiger partial charge in [0.2, 0.25) is 0 Å². The molecule has 0 spiro atoms. The summed E-state index contributed by atoms with van der Waals surface area (Å²) in [6, 6.07) is 0. The van der Waals surface area contributed by atoms with Crippen molar-refractivity contribution in [2.45, 2.75) is 13.8 Å². The molecular formula is C12H16O. The molecule has 0 aliphatic heterocycles. The molecule has 0 heterocycles. The van der Waals surface area contributed by atoms with Crippen LogP contribution in [0.5, 0.6) is 0 Å². The third-order valence-electron chi connectivity index (χ3n) is 1.60. The first-order chi connectivity index (χ1) is 6.29. The summed E-state index contributed by atoms with van der Waals surface area (Å²) in [6.07, 6.45) is 9.87. The van der Waals surface area contributed by atoms with Crippen molar-refractivity contribution >= 4 is 0 Å². The average molecular weight is 176 g/mol. The summed E-state index contributed by atoms with van der Waals surface area (Å²) in [7, 11) is 0. The lowest BCUT2D eigenvalue weighted by Gasteiger charge is -2.06. The van der Waals surface area contributed by atoms with E-state index in [1.165, 1.54) is 5.57 Å². The lowest BCUT2D eigenvalue weighted by Crippen LogP contribution is -2.03. The van der Waals surface area contributed by atoms with Gasteiger partial charge < -0.3 is 4.74 Å². The minimum absolute atomic E-state index is 0.599. The summed E-state index contributed by atoms with van der Waals surface area (Å²) < 4.78 is 5.50. The van der Waals surface area contributed by atoms with Crippen LogP contribution >= 0.6 is 0 Å². The second-order valence-electron chi connectivity index (χ2n) is 3.51. The molecule has 0 aromatic rings. The number of allylic oxidation sites excluding steroid dienone is 3. The largest absolute Gasteiger partial charge is 0.376 e. The maximum atomic E-state index is 5.50. The van der Waals surface area contributed by atoms with Gasteiger partial charge in [-0.25, -0.2) is 0 Å². The molecule has 0 atom stereocenters. The minimum atomic E-state index is 0.599. The number of rotatable bonds is 4. The molecule has 0 fully saturated rings. The van der Waals surface area contributed by atoms with Crippen LogP contribution in [-0.4, -0.2) is 13.2 Å². The highest BCUT2D eigenvalue weighted by molar-refractivity contribution is 5.29. The molecule has 0 N–H and O–H groups in total. The molecule has 0 saturated carbocycles. The van der Waals surface area contributed by atoms with Crippen molar-refractivity contribution in [2.24, 2.45) is 5.92 Å². The van der Waals surface area contributed by atoms with Gasteiger partial charge in [-0.15, -0.1) is 5.73 Å². The molecule has 1 aliphatic rings. The molecule has 0 aromatic carbocycles. The number of ether oxygens (including phenoxy) is 1. The standard InChI is InChI=1S/C12H16O/c1-11(2)9-13-10-12-7-5-3-4-6-8-12/h3-5,7-8,11H,9-10H2,1-2H3. The molecule has 0 bridgehead atoms. The van der Waals surface area contributed by atoms with Crippen LogP contribution in [0.4, 0.5) is 0 Å². The van der Waals surface area contributed by atoms with Gasteiger partial charge in [-0.1, -0.05) is 32.1 Å². The molecular weight excluding hydrogens is 160 g/mol. The van der Waals surface area contributed by atoms with Gasteiger partial charge in [0.15, 0.2) is 0 Å². The van der Waals surface area contributed by atoms with Crippen molar-refractivity contribution in [2.75, 3.05) is 13.2 Å². The van der Waals surface area contributed by atoms with E-state index in [4.69, 9.17) is 4.74 Å². The second-order valence-corrected chi connectivity index (χ2v) is 3.51. The summed E-state index contributed by atoms with van der Waals surface area (Å²) in [4.78, 5) is 0. The lowest BCUT2D eigenvalue weighted by molar-refractivity contribution is 0.131. The zero-order valence-corrected chi connectivity index (χ0v) is 8.29. The molecule has 0 aromatic heterocycles. The van der Waals surface area contributed by atoms with Crippen molar-refractivity contribution in [1.82, 2.24) is 0 Å². The lowest BCUT2D eigenvalue weighted by atomic mass is 10.2. The van der Waals surface area contributed by atoms with E-state index in [1.807, 2.05) is 24.3 Å². The van der Waals surface area contributed by atoms with Crippen LogP contribution in [0.25, 0.3) is 0 Å². The Morgan fingerprint density at radius 2 is 2.23 bits per heavy atom. The highest BCUT2D eigenvalue weighted by Gasteiger charge is 1.95. The van der Waals surface area contributed by atoms with Crippen LogP contribution in [0.3, 0.4) is 0 Å². The third kappa shape index (κ3) is 4.51. The van der Waals surface area contributed by atoms with E-state index in [0.29, 0.717) is 12.5 Å². The van der Waals surface area contributed by atoms with Gasteiger partial charge in [-0.3, -0.25) is 0 Å². The number of hydrogen-bond donors (Lipinski definition) is 0. The highest BCUT2D eigenvalue weighted by Crippen LogP contribution is 2.02. The Labute approximate surface area is 80.1 Å². The van der Waals surface area contributed by atoms with Crippen LogP contribution in [-0.2, 0) is 4.74 Å². The van der Waals surface area contributed by atoms with E-state index in [9.17, 15) is 0 Å². The summed E-state index contributed by atoms with van der Waals surface area (Å²) in [5.41, 5.74) is 4.22. The molecule has 1 rings (SSSR count). The van der Waals surface area contributed by atoms with Crippen molar-refractivity contribution in [3.63, 3.8) is 0 Å². The Morgan fingerprint density at radius 3 is 3.00 bits per heavy atom. The normalized spacial score (nSPS) is 14.8. The average Bonchev–Trinajstić information content (AvgIpc) is 2.32. The molecule has 13 heavy (non-hydrogen) atoms. The Hall–Kier alpha value is -1.04. The van der Waals surface area contributed by atoms with E-state index < -0.39 is 0 Å². The van der Waals surface area contributed by atoms with Crippen LogP contribution in [0, 0.1) is 5.92 Å². The molecule has 0 radical (unpaired) electrons. The number of hydrogen-bond acceptors (Lipinski definition) is 1. The third-order valence-corrected chi connectivity index (χ3v) is 1.60. The van der Waals surface area contributed by atoms with Gasteiger partial charge >= 0.3 is 0 Å². The summed E-state index contributed by atoms with van der Waals surface area (Å²) in [6.45, 7) is 5.80. The molecule has 1 nitrogen and oxygen atoms in total. The summed E-state index contributed by atoms with van der Waals surface area (Å²) >= 11 is 0. The quantitative estimate of drug-likeness (QED) is 0.598. The van der Waals surface area contributed by atoms with E-state index in [1.54, 1.807) is 0 Å². The Morgan fingerprint density at radius 1 is 1.38 bits per heavy atom. The smallest absolute Gasteiger partial charge is 0.0722 e. The van der Waals surface area contributed by atoms with Gasteiger partial charge in [-0.2, -0.15) is 0 Å². The van der Waals surface area contributed by atoms with Gasteiger partial charge in [0, 0.05) is 6.61 Å². The SMILES string of the molecule is CC(C)COCC1=CC=CC=C=C1. The Kier molecular flexibility index (Phi) is 4.31. The summed E-state index contributed by atoms with van der Waals surface area (Å²) in [5.74, 6) is 0.599. The van der Waals surface area contributed by atoms with E-state index in [2.05, 4.69) is 25.7 Å². The molecule has 1 heteroatoms. The predicted octanol–water partition coefficient (Wildman–Crippen LogP) is 2.87. The van der Waals surface area contributed by atoms with Crippen molar-refractivity contribution < 1.29 is 4.74 Å². The van der Waals surface area contributed by atoms with Gasteiger partial charge in [0.1, 0.15) is 0 Å². The van der Waals surface area contributed by atoms with Crippen LogP contribution in [0.15, 0.2) is 41.7 Å². The topological polar surface area (TPSA) is 9.23 Å². The maximum Gasteiger partial charge on any atom is 0.0722 e. The zero-order chi connectivity index (χ0) is 9.52. The zero-order valence-electron chi connectivity index (χ0n) is 8.29. The molecule has 0 saturated heterocycles. The van der Waals surface area contributed by atoms with Crippen LogP contribution < -0.4 is 0 Å². The van der Waals surface area contributed by atoms with Gasteiger partial charge in [0.05, 0.1) is 6.61 Å². The summed E-state index contributed by atoms with van der Waals surface area (Å²) in [5, 5.41) is 0. The maximum absolute atomic E-state index is 5.50. The second kappa shape index (κ2) is 5.58. The molecule has 1 aliphatic carbocycles. The van der Waals surface area contributed by atoms with E-state index in [-0.39, 0.29) is 0 Å². The molecule has 0 amide bonds. The molecule has 70 valence electrons. The fourth-order valence-electron chi connectivity index (χ4n) is 0.996. The van der Waals surface area contributed by atoms with E-state index >= 15 is 0 Å². The van der Waals surface area contributed by atoms with Crippen molar-refractivity contribution in [3.8, 4) is 0 Å². The Bertz CT molecular complexity index is 263. The fraction of sp³-hybridized carbons (Fsp3) is 0.417. The van der Waals surface area contributed by atoms with Crippen LogP contribution in [0.1, 0.15) is 13.8 Å². The van der Waals surface area contributed by atoms with Gasteiger partial charge in [-0.05, 0) is 23.6 Å². The Balaban J connectivity index is 2.33. The predicted molar refractivity (Wildman–Crippen MR) is 55.5 cm³/mol. The minimum Gasteiger partial charge on any atom is -0.376 e. The highest BCUT2D eigenvalue weighted by atomic mass is 16.5. The first-order valence-electron chi connectivity index (χ1n) is 4.65. The van der Waals surface area contributed by atoms with Crippen molar-refractivity contribution in [1.29, 1.82) is 0 Å². The van der Waals surface area contributed by atoms with Crippen LogP contribution in [0.2, 0.25) is 0 Å².